The molecule has 1 N–H and O–H groups in total. The zero-order valence-corrected chi connectivity index (χ0v) is 20.3. The molecular weight excluding hydrogens is 458 g/mol. The normalized spacial score (nSPS) is 13.8. The van der Waals surface area contributed by atoms with Crippen molar-refractivity contribution in [2.45, 2.75) is 33.4 Å². The van der Waals surface area contributed by atoms with Crippen molar-refractivity contribution in [1.29, 1.82) is 0 Å². The van der Waals surface area contributed by atoms with E-state index in [2.05, 4.69) is 34.1 Å². The standard InChI is InChI=1S/C29H28F2N4O/c1-19-3-5-21(6-4-19)17-20(2)29(36)34-15-16-35-26(18-34)33-27(22-7-9-23(30)10-8-22)28(35)32-25-13-11-24(31)12-14-25/h3-14,20,32H,15-18H2,1-2H3. The minimum absolute atomic E-state index is 0.0983. The van der Waals surface area contributed by atoms with Crippen LogP contribution in [0.4, 0.5) is 20.3 Å². The number of amides is 1. The smallest absolute Gasteiger partial charge is 0.226 e. The van der Waals surface area contributed by atoms with Gasteiger partial charge in [0.15, 0.2) is 0 Å². The van der Waals surface area contributed by atoms with Gasteiger partial charge in [-0.3, -0.25) is 4.79 Å². The second-order valence-corrected chi connectivity index (χ2v) is 9.37. The minimum Gasteiger partial charge on any atom is -0.340 e. The molecule has 0 saturated carbocycles. The van der Waals surface area contributed by atoms with E-state index in [0.717, 1.165) is 22.8 Å². The van der Waals surface area contributed by atoms with Crippen LogP contribution in [0.3, 0.4) is 0 Å². The summed E-state index contributed by atoms with van der Waals surface area (Å²) in [6.45, 7) is 5.52. The molecule has 0 bridgehead atoms. The van der Waals surface area contributed by atoms with Gasteiger partial charge in [0.2, 0.25) is 5.91 Å². The van der Waals surface area contributed by atoms with Gasteiger partial charge in [-0.05, 0) is 67.4 Å². The second kappa shape index (κ2) is 9.93. The number of hydrogen-bond acceptors (Lipinski definition) is 3. The predicted molar refractivity (Wildman–Crippen MR) is 137 cm³/mol. The number of rotatable bonds is 6. The third-order valence-corrected chi connectivity index (χ3v) is 6.59. The largest absolute Gasteiger partial charge is 0.340 e. The van der Waals surface area contributed by atoms with E-state index in [1.165, 1.54) is 29.8 Å². The number of imidazole rings is 1. The van der Waals surface area contributed by atoms with E-state index in [4.69, 9.17) is 4.98 Å². The third-order valence-electron chi connectivity index (χ3n) is 6.59. The first-order chi connectivity index (χ1) is 17.4. The van der Waals surface area contributed by atoms with E-state index in [1.54, 1.807) is 24.3 Å². The van der Waals surface area contributed by atoms with Crippen LogP contribution in [0.25, 0.3) is 11.3 Å². The summed E-state index contributed by atoms with van der Waals surface area (Å²) < 4.78 is 29.1. The summed E-state index contributed by atoms with van der Waals surface area (Å²) in [6.07, 6.45) is 0.683. The quantitative estimate of drug-likeness (QED) is 0.358. The number of nitrogens with one attached hydrogen (secondary N) is 1. The van der Waals surface area contributed by atoms with Crippen LogP contribution >= 0.6 is 0 Å². The highest BCUT2D eigenvalue weighted by Crippen LogP contribution is 2.33. The van der Waals surface area contributed by atoms with Crippen LogP contribution in [0, 0.1) is 24.5 Å². The fourth-order valence-corrected chi connectivity index (χ4v) is 4.60. The number of carbonyl (C=O) groups is 1. The zero-order chi connectivity index (χ0) is 25.2. The Morgan fingerprint density at radius 1 is 0.944 bits per heavy atom. The number of anilines is 2. The summed E-state index contributed by atoms with van der Waals surface area (Å²) in [7, 11) is 0. The summed E-state index contributed by atoms with van der Waals surface area (Å²) in [4.78, 5) is 20.0. The van der Waals surface area contributed by atoms with E-state index < -0.39 is 0 Å². The van der Waals surface area contributed by atoms with Crippen molar-refractivity contribution < 1.29 is 13.6 Å². The summed E-state index contributed by atoms with van der Waals surface area (Å²) in [6, 6.07) is 20.6. The molecule has 1 amide bonds. The second-order valence-electron chi connectivity index (χ2n) is 9.37. The maximum absolute atomic E-state index is 13.6. The van der Waals surface area contributed by atoms with Crippen molar-refractivity contribution in [2.75, 3.05) is 11.9 Å². The molecule has 5 rings (SSSR count). The molecule has 0 saturated heterocycles. The molecule has 1 aliphatic rings. The van der Waals surface area contributed by atoms with Crippen LogP contribution in [0.15, 0.2) is 72.8 Å². The molecule has 0 aliphatic carbocycles. The lowest BCUT2D eigenvalue weighted by atomic mass is 9.99. The molecule has 0 radical (unpaired) electrons. The van der Waals surface area contributed by atoms with Crippen LogP contribution in [0.1, 0.15) is 23.9 Å². The van der Waals surface area contributed by atoms with E-state index >= 15 is 0 Å². The molecule has 7 heteroatoms. The Morgan fingerprint density at radius 3 is 2.25 bits per heavy atom. The first-order valence-corrected chi connectivity index (χ1v) is 12.1. The Hall–Kier alpha value is -4.00. The Morgan fingerprint density at radius 2 is 1.58 bits per heavy atom. The fraction of sp³-hybridized carbons (Fsp3) is 0.241. The van der Waals surface area contributed by atoms with Crippen molar-refractivity contribution in [1.82, 2.24) is 14.5 Å². The van der Waals surface area contributed by atoms with Crippen molar-refractivity contribution in [3.63, 3.8) is 0 Å². The molecule has 2 heterocycles. The number of aromatic nitrogens is 2. The third kappa shape index (κ3) is 5.00. The van der Waals surface area contributed by atoms with E-state index in [9.17, 15) is 13.6 Å². The molecule has 1 unspecified atom stereocenters. The highest BCUT2D eigenvalue weighted by atomic mass is 19.1. The first-order valence-electron chi connectivity index (χ1n) is 12.1. The summed E-state index contributed by atoms with van der Waals surface area (Å²) in [5.41, 5.74) is 4.48. The van der Waals surface area contributed by atoms with Crippen molar-refractivity contribution in [2.24, 2.45) is 5.92 Å². The van der Waals surface area contributed by atoms with Gasteiger partial charge >= 0.3 is 0 Å². The Labute approximate surface area is 209 Å². The summed E-state index contributed by atoms with van der Waals surface area (Å²) in [5.74, 6) is 0.798. The van der Waals surface area contributed by atoms with Crippen molar-refractivity contribution in [3.8, 4) is 11.3 Å². The molecule has 1 atom stereocenters. The lowest BCUT2D eigenvalue weighted by molar-refractivity contribution is -0.136. The van der Waals surface area contributed by atoms with E-state index in [-0.39, 0.29) is 23.5 Å². The maximum Gasteiger partial charge on any atom is 0.226 e. The van der Waals surface area contributed by atoms with Gasteiger partial charge in [0.05, 0.1) is 6.54 Å². The lowest BCUT2D eigenvalue weighted by Crippen LogP contribution is -2.41. The number of aryl methyl sites for hydroxylation is 1. The van der Waals surface area contributed by atoms with Crippen molar-refractivity contribution in [3.05, 3.63) is 101 Å². The number of hydrogen-bond donors (Lipinski definition) is 1. The number of fused-ring (bicyclic) bond motifs is 1. The first kappa shape index (κ1) is 23.7. The number of halogens is 2. The topological polar surface area (TPSA) is 50.2 Å². The average Bonchev–Trinajstić information content (AvgIpc) is 3.24. The molecule has 1 aliphatic heterocycles. The van der Waals surface area contributed by atoms with Gasteiger partial charge in [-0.2, -0.15) is 0 Å². The average molecular weight is 487 g/mol. The van der Waals surface area contributed by atoms with E-state index in [0.29, 0.717) is 37.4 Å². The van der Waals surface area contributed by atoms with E-state index in [1.807, 2.05) is 18.7 Å². The van der Waals surface area contributed by atoms with Crippen LogP contribution in [0.5, 0.6) is 0 Å². The highest BCUT2D eigenvalue weighted by molar-refractivity contribution is 5.80. The van der Waals surface area contributed by atoms with Gasteiger partial charge in [-0.25, -0.2) is 13.8 Å². The van der Waals surface area contributed by atoms with Gasteiger partial charge in [-0.1, -0.05) is 36.8 Å². The number of carbonyl (C=O) groups excluding carboxylic acids is 1. The highest BCUT2D eigenvalue weighted by Gasteiger charge is 2.29. The monoisotopic (exact) mass is 486 g/mol. The Bertz CT molecular complexity index is 1360. The summed E-state index contributed by atoms with van der Waals surface area (Å²) >= 11 is 0. The van der Waals surface area contributed by atoms with Gasteiger partial charge < -0.3 is 14.8 Å². The molecule has 4 aromatic rings. The van der Waals surface area contributed by atoms with Crippen LogP contribution < -0.4 is 5.32 Å². The molecular formula is C29H28F2N4O. The van der Waals surface area contributed by atoms with Gasteiger partial charge in [0.25, 0.3) is 0 Å². The number of nitrogens with zero attached hydrogens (tertiary/aromatic N) is 3. The zero-order valence-electron chi connectivity index (χ0n) is 20.3. The molecule has 36 heavy (non-hydrogen) atoms. The van der Waals surface area contributed by atoms with Crippen LogP contribution in [-0.2, 0) is 24.3 Å². The fourth-order valence-electron chi connectivity index (χ4n) is 4.60. The van der Waals surface area contributed by atoms with Crippen molar-refractivity contribution >= 4 is 17.4 Å². The predicted octanol–water partition coefficient (Wildman–Crippen LogP) is 6.10. The SMILES string of the molecule is Cc1ccc(CC(C)C(=O)N2CCn3c(nc(-c4ccc(F)cc4)c3Nc3ccc(F)cc3)C2)cc1. The minimum atomic E-state index is -0.324. The van der Waals surface area contributed by atoms with Gasteiger partial charge in [0, 0.05) is 30.3 Å². The maximum atomic E-state index is 13.6. The molecule has 184 valence electrons. The number of benzene rings is 3. The van der Waals surface area contributed by atoms with Gasteiger partial charge in [-0.15, -0.1) is 0 Å². The lowest BCUT2D eigenvalue weighted by Gasteiger charge is -2.30. The van der Waals surface area contributed by atoms with Crippen LogP contribution in [0.2, 0.25) is 0 Å². The van der Waals surface area contributed by atoms with Gasteiger partial charge in [0.1, 0.15) is 29.0 Å². The van der Waals surface area contributed by atoms with Crippen LogP contribution in [-0.4, -0.2) is 26.9 Å². The molecule has 0 fully saturated rings. The Kier molecular flexibility index (Phi) is 6.55. The Balaban J connectivity index is 1.41. The molecule has 5 nitrogen and oxygen atoms in total. The molecule has 1 aromatic heterocycles. The molecule has 0 spiro atoms. The molecule has 3 aromatic carbocycles. The summed E-state index contributed by atoms with van der Waals surface area (Å²) in [5, 5.41) is 3.36.